The van der Waals surface area contributed by atoms with E-state index in [1.54, 1.807) is 11.3 Å². The minimum Gasteiger partial charge on any atom is -0.315 e. The predicted octanol–water partition coefficient (Wildman–Crippen LogP) is 4.14. The quantitative estimate of drug-likeness (QED) is 0.231. The lowest BCUT2D eigenvalue weighted by Gasteiger charge is -2.17. The molecule has 6 heteroatoms. The van der Waals surface area contributed by atoms with Crippen LogP contribution in [0, 0.1) is 6.92 Å². The Morgan fingerprint density at radius 1 is 0.806 bits per heavy atom. The van der Waals surface area contributed by atoms with Crippen LogP contribution in [0.2, 0.25) is 0 Å². The lowest BCUT2D eigenvalue weighted by atomic mass is 10.1. The highest BCUT2D eigenvalue weighted by atomic mass is 32.1. The van der Waals surface area contributed by atoms with Crippen molar-refractivity contribution in [3.8, 4) is 0 Å². The van der Waals surface area contributed by atoms with Crippen LogP contribution in [0.1, 0.15) is 55.5 Å². The van der Waals surface area contributed by atoms with Gasteiger partial charge in [0, 0.05) is 43.8 Å². The molecular formula is C25H42N5S. The second kappa shape index (κ2) is 18.3. The van der Waals surface area contributed by atoms with E-state index in [1.165, 1.54) is 44.1 Å². The molecule has 0 saturated carbocycles. The fraction of sp³-hybridized carbons (Fsp3) is 0.600. The van der Waals surface area contributed by atoms with Gasteiger partial charge in [0.25, 0.3) is 0 Å². The summed E-state index contributed by atoms with van der Waals surface area (Å²) >= 11 is 1.70. The van der Waals surface area contributed by atoms with Crippen molar-refractivity contribution in [1.29, 1.82) is 0 Å². The Kier molecular flexibility index (Phi) is 15.3. The fourth-order valence-corrected chi connectivity index (χ4v) is 4.11. The molecule has 0 aliphatic rings. The molecule has 1 atom stereocenters. The van der Waals surface area contributed by atoms with Gasteiger partial charge in [0.05, 0.1) is 0 Å². The number of unbranched alkanes of at least 4 members (excludes halogenated alkanes) is 3. The van der Waals surface area contributed by atoms with Gasteiger partial charge in [-0.1, -0.05) is 50.1 Å². The molecule has 2 aromatic rings. The van der Waals surface area contributed by atoms with Gasteiger partial charge >= 0.3 is 0 Å². The number of nitrogens with one attached hydrogen (secondary N) is 4. The van der Waals surface area contributed by atoms with Crippen LogP contribution in [0.25, 0.3) is 0 Å². The Hall–Kier alpha value is -1.31. The summed E-state index contributed by atoms with van der Waals surface area (Å²) in [5, 5.41) is 17.4. The van der Waals surface area contributed by atoms with Crippen LogP contribution in [0.5, 0.6) is 0 Å². The van der Waals surface area contributed by atoms with Gasteiger partial charge in [-0.25, -0.2) is 4.98 Å². The van der Waals surface area contributed by atoms with Crippen LogP contribution in [0.15, 0.2) is 41.9 Å². The number of benzene rings is 1. The maximum atomic E-state index is 4.28. The number of rotatable bonds is 20. The van der Waals surface area contributed by atoms with E-state index in [9.17, 15) is 0 Å². The molecule has 1 heterocycles. The fourth-order valence-electron chi connectivity index (χ4n) is 3.52. The third-order valence-electron chi connectivity index (χ3n) is 5.38. The highest BCUT2D eigenvalue weighted by molar-refractivity contribution is 7.09. The predicted molar refractivity (Wildman–Crippen MR) is 134 cm³/mol. The number of thiazole rings is 1. The van der Waals surface area contributed by atoms with E-state index in [2.05, 4.69) is 63.5 Å². The summed E-state index contributed by atoms with van der Waals surface area (Å²) in [4.78, 5) is 4.28. The summed E-state index contributed by atoms with van der Waals surface area (Å²) < 4.78 is 0. The first-order valence-corrected chi connectivity index (χ1v) is 12.8. The van der Waals surface area contributed by atoms with Gasteiger partial charge in [-0.3, -0.25) is 0 Å². The number of nitrogens with zero attached hydrogens (tertiary/aromatic N) is 1. The second-order valence-electron chi connectivity index (χ2n) is 8.01. The van der Waals surface area contributed by atoms with Gasteiger partial charge in [0.1, 0.15) is 5.01 Å². The zero-order chi connectivity index (χ0) is 21.8. The average molecular weight is 445 g/mol. The summed E-state index contributed by atoms with van der Waals surface area (Å²) in [7, 11) is 0. The van der Waals surface area contributed by atoms with Crippen LogP contribution in [0.4, 0.5) is 0 Å². The third-order valence-corrected chi connectivity index (χ3v) is 6.16. The molecule has 173 valence electrons. The van der Waals surface area contributed by atoms with Crippen molar-refractivity contribution in [2.24, 2.45) is 0 Å². The normalized spacial score (nSPS) is 12.3. The van der Waals surface area contributed by atoms with Gasteiger partial charge in [-0.2, -0.15) is 0 Å². The minimum atomic E-state index is 0.553. The Labute approximate surface area is 193 Å². The first kappa shape index (κ1) is 25.9. The van der Waals surface area contributed by atoms with Gasteiger partial charge < -0.3 is 21.3 Å². The van der Waals surface area contributed by atoms with Crippen LogP contribution in [-0.4, -0.2) is 43.7 Å². The molecule has 1 aromatic heterocycles. The number of hydrogen-bond acceptors (Lipinski definition) is 6. The summed E-state index contributed by atoms with van der Waals surface area (Å²) in [5.74, 6) is 0. The lowest BCUT2D eigenvalue weighted by Crippen LogP contribution is -2.31. The number of hydrogen-bond donors (Lipinski definition) is 4. The maximum absolute atomic E-state index is 4.28. The van der Waals surface area contributed by atoms with E-state index in [0.717, 1.165) is 57.2 Å². The van der Waals surface area contributed by atoms with Crippen molar-refractivity contribution >= 4 is 11.3 Å². The molecule has 0 aliphatic carbocycles. The summed E-state index contributed by atoms with van der Waals surface area (Å²) in [6, 6.07) is 11.2. The highest BCUT2D eigenvalue weighted by Gasteiger charge is 2.04. The van der Waals surface area contributed by atoms with E-state index >= 15 is 0 Å². The van der Waals surface area contributed by atoms with E-state index in [4.69, 9.17) is 0 Å². The first-order chi connectivity index (χ1) is 15.4. The molecule has 1 unspecified atom stereocenters. The molecule has 1 radical (unpaired) electrons. The Morgan fingerprint density at radius 2 is 1.55 bits per heavy atom. The molecule has 0 aliphatic heterocycles. The van der Waals surface area contributed by atoms with Crippen molar-refractivity contribution in [3.05, 3.63) is 59.4 Å². The van der Waals surface area contributed by atoms with Crippen molar-refractivity contribution < 1.29 is 0 Å². The second-order valence-corrected chi connectivity index (χ2v) is 8.99. The first-order valence-electron chi connectivity index (χ1n) is 12.0. The molecule has 2 rings (SSSR count). The van der Waals surface area contributed by atoms with Crippen LogP contribution in [0.3, 0.4) is 0 Å². The van der Waals surface area contributed by atoms with Crippen molar-refractivity contribution in [2.45, 2.75) is 64.1 Å². The molecule has 0 amide bonds. The van der Waals surface area contributed by atoms with Crippen LogP contribution in [-0.2, 0) is 13.1 Å². The topological polar surface area (TPSA) is 61.0 Å². The zero-order valence-electron chi connectivity index (χ0n) is 19.1. The molecule has 0 saturated heterocycles. The molecule has 0 spiro atoms. The number of aromatic nitrogens is 1. The van der Waals surface area contributed by atoms with Crippen molar-refractivity contribution in [3.63, 3.8) is 0 Å². The van der Waals surface area contributed by atoms with Gasteiger partial charge in [-0.05, 0) is 57.3 Å². The Balaban J connectivity index is 1.32. The lowest BCUT2D eigenvalue weighted by molar-refractivity contribution is 0.448. The van der Waals surface area contributed by atoms with Gasteiger partial charge in [0.15, 0.2) is 0 Å². The maximum Gasteiger partial charge on any atom is 0.106 e. The summed E-state index contributed by atoms with van der Waals surface area (Å²) in [6.07, 6.45) is 10.4. The molecule has 0 bridgehead atoms. The minimum absolute atomic E-state index is 0.553. The van der Waals surface area contributed by atoms with Crippen LogP contribution < -0.4 is 21.3 Å². The van der Waals surface area contributed by atoms with Gasteiger partial charge in [-0.15, -0.1) is 11.3 Å². The Bertz CT molecular complexity index is 620. The van der Waals surface area contributed by atoms with E-state index in [-0.39, 0.29) is 0 Å². The summed E-state index contributed by atoms with van der Waals surface area (Å²) in [5.41, 5.74) is 1.37. The standard InChI is InChI=1S/C25H42N5S/c1-2-24(13-10-15-26-17-18-28-22-25-30-19-20-31-25)29-16-9-4-3-8-14-27-21-23-11-6-5-7-12-23/h5-7,11-12,19-20,24,26-29H,1-4,8-10,13-18,21-22H2. The third kappa shape index (κ3) is 13.7. The van der Waals surface area contributed by atoms with E-state index in [1.807, 2.05) is 11.6 Å². The van der Waals surface area contributed by atoms with Gasteiger partial charge in [0.2, 0.25) is 0 Å². The van der Waals surface area contributed by atoms with Crippen molar-refractivity contribution in [2.75, 3.05) is 32.7 Å². The molecule has 31 heavy (non-hydrogen) atoms. The van der Waals surface area contributed by atoms with Crippen molar-refractivity contribution in [1.82, 2.24) is 26.3 Å². The molecule has 0 fully saturated rings. The molecule has 4 N–H and O–H groups in total. The highest BCUT2D eigenvalue weighted by Crippen LogP contribution is 2.04. The van der Waals surface area contributed by atoms with Crippen LogP contribution >= 0.6 is 11.3 Å². The van der Waals surface area contributed by atoms with E-state index < -0.39 is 0 Å². The Morgan fingerprint density at radius 3 is 2.32 bits per heavy atom. The van der Waals surface area contributed by atoms with E-state index in [0.29, 0.717) is 6.04 Å². The summed E-state index contributed by atoms with van der Waals surface area (Å²) in [6.45, 7) is 11.3. The molecular weight excluding hydrogens is 402 g/mol. The monoisotopic (exact) mass is 444 g/mol. The zero-order valence-corrected chi connectivity index (χ0v) is 19.9. The largest absolute Gasteiger partial charge is 0.315 e. The smallest absolute Gasteiger partial charge is 0.106 e. The SMILES string of the molecule is [CH2]CC(CCCNCCNCc1nccs1)NCCCCCCNCc1ccccc1. The molecule has 5 nitrogen and oxygen atoms in total. The molecule has 1 aromatic carbocycles. The average Bonchev–Trinajstić information content (AvgIpc) is 3.32.